The third-order valence-corrected chi connectivity index (χ3v) is 2.46. The molecular weight excluding hydrogens is 218 g/mol. The van der Waals surface area contributed by atoms with E-state index in [2.05, 4.69) is 14.7 Å². The predicted octanol–water partition coefficient (Wildman–Crippen LogP) is 1.46. The third-order valence-electron chi connectivity index (χ3n) is 2.46. The topological polar surface area (TPSA) is 74.2 Å². The molecule has 0 unspecified atom stereocenters. The molecule has 0 spiro atoms. The van der Waals surface area contributed by atoms with Gasteiger partial charge in [-0.05, 0) is 31.0 Å². The van der Waals surface area contributed by atoms with E-state index in [0.29, 0.717) is 19.0 Å². The highest BCUT2D eigenvalue weighted by molar-refractivity contribution is 5.40. The van der Waals surface area contributed by atoms with Crippen LogP contribution in [0.15, 0.2) is 29.1 Å². The normalized spacial score (nSPS) is 10.5. The Labute approximate surface area is 99.6 Å². The van der Waals surface area contributed by atoms with Crippen molar-refractivity contribution in [2.45, 2.75) is 20.0 Å². The minimum Gasteiger partial charge on any atom is -0.485 e. The zero-order chi connectivity index (χ0) is 12.1. The number of nitrogens with zero attached hydrogens (tertiary/aromatic N) is 2. The molecule has 0 fully saturated rings. The summed E-state index contributed by atoms with van der Waals surface area (Å²) in [6.45, 7) is 2.91. The Morgan fingerprint density at radius 1 is 1.41 bits per heavy atom. The van der Waals surface area contributed by atoms with E-state index < -0.39 is 0 Å². The van der Waals surface area contributed by atoms with Gasteiger partial charge in [-0.2, -0.15) is 4.98 Å². The van der Waals surface area contributed by atoms with Crippen molar-refractivity contribution < 1.29 is 9.26 Å². The summed E-state index contributed by atoms with van der Waals surface area (Å²) in [5.41, 5.74) is 7.77. The molecule has 90 valence electrons. The van der Waals surface area contributed by atoms with E-state index in [1.54, 1.807) is 0 Å². The van der Waals surface area contributed by atoms with E-state index in [9.17, 15) is 0 Å². The summed E-state index contributed by atoms with van der Waals surface area (Å²) in [6.07, 6.45) is 2.08. The van der Waals surface area contributed by atoms with Crippen LogP contribution in [-0.4, -0.2) is 16.7 Å². The van der Waals surface area contributed by atoms with Crippen molar-refractivity contribution in [3.05, 3.63) is 41.5 Å². The highest BCUT2D eigenvalue weighted by Crippen LogP contribution is 2.24. The van der Waals surface area contributed by atoms with Crippen molar-refractivity contribution in [2.75, 3.05) is 6.54 Å². The predicted molar refractivity (Wildman–Crippen MR) is 62.6 cm³/mol. The molecule has 0 amide bonds. The van der Waals surface area contributed by atoms with Gasteiger partial charge in [-0.3, -0.25) is 0 Å². The van der Waals surface area contributed by atoms with E-state index in [1.165, 1.54) is 6.39 Å². The van der Waals surface area contributed by atoms with Gasteiger partial charge < -0.3 is 15.0 Å². The minimum atomic E-state index is 0.304. The number of hydrogen-bond donors (Lipinski definition) is 1. The maximum Gasteiger partial charge on any atom is 0.213 e. The van der Waals surface area contributed by atoms with Crippen LogP contribution >= 0.6 is 0 Å². The molecule has 0 aliphatic carbocycles. The van der Waals surface area contributed by atoms with Gasteiger partial charge in [0.05, 0.1) is 0 Å². The Morgan fingerprint density at radius 3 is 3.00 bits per heavy atom. The second kappa shape index (κ2) is 5.45. The van der Waals surface area contributed by atoms with E-state index in [0.717, 1.165) is 23.3 Å². The first-order valence-electron chi connectivity index (χ1n) is 5.48. The van der Waals surface area contributed by atoms with Gasteiger partial charge in [0.2, 0.25) is 12.2 Å². The Kier molecular flexibility index (Phi) is 3.72. The number of para-hydroxylation sites is 1. The Morgan fingerprint density at radius 2 is 2.29 bits per heavy atom. The molecule has 2 aromatic rings. The molecule has 5 heteroatoms. The number of aryl methyl sites for hydroxylation is 1. The van der Waals surface area contributed by atoms with Gasteiger partial charge in [0, 0.05) is 0 Å². The first-order valence-corrected chi connectivity index (χ1v) is 5.48. The van der Waals surface area contributed by atoms with E-state index >= 15 is 0 Å². The van der Waals surface area contributed by atoms with Gasteiger partial charge >= 0.3 is 0 Å². The highest BCUT2D eigenvalue weighted by Gasteiger charge is 2.08. The second-order valence-electron chi connectivity index (χ2n) is 3.74. The summed E-state index contributed by atoms with van der Waals surface area (Å²) in [5.74, 6) is 1.40. The van der Waals surface area contributed by atoms with Crippen LogP contribution in [0, 0.1) is 6.92 Å². The fourth-order valence-electron chi connectivity index (χ4n) is 1.66. The molecule has 1 aromatic carbocycles. The molecule has 17 heavy (non-hydrogen) atoms. The van der Waals surface area contributed by atoms with Gasteiger partial charge in [0.25, 0.3) is 0 Å². The molecule has 1 heterocycles. The van der Waals surface area contributed by atoms with Gasteiger partial charge in [-0.15, -0.1) is 0 Å². The van der Waals surface area contributed by atoms with Crippen LogP contribution in [0.2, 0.25) is 0 Å². The number of rotatable bonds is 5. The number of ether oxygens (including phenoxy) is 1. The summed E-state index contributed by atoms with van der Waals surface area (Å²) in [5, 5.41) is 3.70. The summed E-state index contributed by atoms with van der Waals surface area (Å²) in [4.78, 5) is 3.91. The Balaban J connectivity index is 2.13. The molecule has 5 nitrogen and oxygen atoms in total. The lowest BCUT2D eigenvalue weighted by Crippen LogP contribution is -2.07. The largest absolute Gasteiger partial charge is 0.485 e. The molecule has 0 aliphatic rings. The lowest BCUT2D eigenvalue weighted by atomic mass is 10.1. The van der Waals surface area contributed by atoms with Gasteiger partial charge in [0.1, 0.15) is 5.75 Å². The third kappa shape index (κ3) is 2.82. The van der Waals surface area contributed by atoms with E-state index in [1.807, 2.05) is 25.1 Å². The molecule has 1 aromatic heterocycles. The zero-order valence-corrected chi connectivity index (χ0v) is 9.72. The Hall–Kier alpha value is -1.88. The van der Waals surface area contributed by atoms with Crippen molar-refractivity contribution in [3.8, 4) is 5.75 Å². The minimum absolute atomic E-state index is 0.304. The average molecular weight is 233 g/mol. The van der Waals surface area contributed by atoms with Crippen LogP contribution in [0.4, 0.5) is 0 Å². The molecule has 2 N–H and O–H groups in total. The van der Waals surface area contributed by atoms with Crippen molar-refractivity contribution in [3.63, 3.8) is 0 Å². The smallest absolute Gasteiger partial charge is 0.213 e. The van der Waals surface area contributed by atoms with Gasteiger partial charge in [0.15, 0.2) is 6.61 Å². The van der Waals surface area contributed by atoms with Crippen LogP contribution in [0.25, 0.3) is 0 Å². The second-order valence-corrected chi connectivity index (χ2v) is 3.74. The Bertz CT molecular complexity index is 469. The van der Waals surface area contributed by atoms with Crippen molar-refractivity contribution in [1.29, 1.82) is 0 Å². The monoisotopic (exact) mass is 233 g/mol. The quantitative estimate of drug-likeness (QED) is 0.846. The van der Waals surface area contributed by atoms with Crippen LogP contribution in [0.3, 0.4) is 0 Å². The van der Waals surface area contributed by atoms with Crippen LogP contribution in [0.1, 0.15) is 17.0 Å². The fourth-order valence-corrected chi connectivity index (χ4v) is 1.66. The first kappa shape index (κ1) is 11.6. The number of aromatic nitrogens is 2. The molecule has 2 rings (SSSR count). The molecule has 0 aliphatic heterocycles. The van der Waals surface area contributed by atoms with E-state index in [4.69, 9.17) is 10.5 Å². The maximum atomic E-state index is 5.72. The van der Waals surface area contributed by atoms with Gasteiger partial charge in [-0.25, -0.2) is 0 Å². The number of nitrogens with two attached hydrogens (primary N) is 1. The van der Waals surface area contributed by atoms with Crippen LogP contribution in [-0.2, 0) is 13.0 Å². The zero-order valence-electron chi connectivity index (χ0n) is 9.72. The van der Waals surface area contributed by atoms with Crippen molar-refractivity contribution >= 4 is 0 Å². The maximum absolute atomic E-state index is 5.72. The standard InChI is InChI=1S/C12H15N3O2/c1-9-3-2-4-10(5-6-13)12(9)16-7-11-14-8-17-15-11/h2-4,8H,5-7,13H2,1H3. The molecule has 0 atom stereocenters. The number of benzene rings is 1. The molecule has 0 bridgehead atoms. The summed E-state index contributed by atoms with van der Waals surface area (Å²) in [7, 11) is 0. The molecule has 0 radical (unpaired) electrons. The molecular formula is C12H15N3O2. The summed E-state index contributed by atoms with van der Waals surface area (Å²) >= 11 is 0. The first-order chi connectivity index (χ1) is 8.31. The van der Waals surface area contributed by atoms with Crippen molar-refractivity contribution in [2.24, 2.45) is 5.73 Å². The van der Waals surface area contributed by atoms with Crippen molar-refractivity contribution in [1.82, 2.24) is 10.1 Å². The highest BCUT2D eigenvalue weighted by atomic mass is 16.5. The number of hydrogen-bond acceptors (Lipinski definition) is 5. The fraction of sp³-hybridized carbons (Fsp3) is 0.333. The average Bonchev–Trinajstić information content (AvgIpc) is 2.82. The van der Waals surface area contributed by atoms with Crippen LogP contribution in [0.5, 0.6) is 5.75 Å². The van der Waals surface area contributed by atoms with Crippen LogP contribution < -0.4 is 10.5 Å². The molecule has 0 saturated carbocycles. The SMILES string of the molecule is Cc1cccc(CCN)c1OCc1ncon1. The van der Waals surface area contributed by atoms with E-state index in [-0.39, 0.29) is 0 Å². The lowest BCUT2D eigenvalue weighted by Gasteiger charge is -2.12. The molecule has 0 saturated heterocycles. The van der Waals surface area contributed by atoms with Gasteiger partial charge in [-0.1, -0.05) is 23.4 Å². The summed E-state index contributed by atoms with van der Waals surface area (Å²) in [6, 6.07) is 6.03. The lowest BCUT2D eigenvalue weighted by molar-refractivity contribution is 0.282. The summed E-state index contributed by atoms with van der Waals surface area (Å²) < 4.78 is 10.4.